The summed E-state index contributed by atoms with van der Waals surface area (Å²) in [4.78, 5) is 29.7. The largest absolute Gasteiger partial charge is 0.457 e. The highest BCUT2D eigenvalue weighted by molar-refractivity contribution is 5.70. The quantitative estimate of drug-likeness (QED) is 0.109. The zero-order chi connectivity index (χ0) is 33.9. The van der Waals surface area contributed by atoms with E-state index in [9.17, 15) is 24.9 Å². The second kappa shape index (κ2) is 17.8. The molecule has 1 aromatic heterocycles. The summed E-state index contributed by atoms with van der Waals surface area (Å²) in [5.74, 6) is -0.503. The van der Waals surface area contributed by atoms with Crippen molar-refractivity contribution in [3.05, 3.63) is 66.0 Å². The summed E-state index contributed by atoms with van der Waals surface area (Å²) in [6.07, 6.45) is 9.67. The first-order chi connectivity index (χ1) is 21.8. The highest BCUT2D eigenvalue weighted by atomic mass is 16.6. The molecule has 0 bridgehead atoms. The zero-order valence-electron chi connectivity index (χ0n) is 28.2. The Kier molecular flexibility index (Phi) is 14.4. The van der Waals surface area contributed by atoms with Gasteiger partial charge in [-0.25, -0.2) is 4.79 Å². The van der Waals surface area contributed by atoms with Gasteiger partial charge in [-0.1, -0.05) is 58.1 Å². The standard InChI is InChI=1S/C36H54N2O8/c1-7-29(40)26(5)34-30(44-34)21-23(2)11-10-12-24(3)33-25(4)14-15-31(36(6,43)18-16-28(39)22-32(41)46-33)45-35(42)38-20-17-27-13-8-9-19-37-27/h8-15,19,23,25-26,28-31,33-34,39-40,43H,7,16-18,20-22H2,1-6H3,(H,38,42)/b11-10+,15-14+,24-12+. The molecule has 0 radical (unpaired) electrons. The van der Waals surface area contributed by atoms with Crippen LogP contribution in [0.15, 0.2) is 60.3 Å². The topological polar surface area (TPSA) is 151 Å². The molecule has 3 heterocycles. The third-order valence-electron chi connectivity index (χ3n) is 8.95. The minimum Gasteiger partial charge on any atom is -0.457 e. The van der Waals surface area contributed by atoms with Crippen LogP contribution in [0.1, 0.15) is 79.3 Å². The van der Waals surface area contributed by atoms with Crippen LogP contribution in [-0.4, -0.2) is 81.1 Å². The Labute approximate surface area is 273 Å². The molecule has 3 rings (SSSR count). The molecule has 4 N–H and O–H groups in total. The van der Waals surface area contributed by atoms with Crippen LogP contribution in [0, 0.1) is 17.8 Å². The normalized spacial score (nSPS) is 31.9. The van der Waals surface area contributed by atoms with E-state index in [0.29, 0.717) is 19.4 Å². The number of allylic oxidation sites excluding steroid dienone is 3. The average Bonchev–Trinajstić information content (AvgIpc) is 3.78. The van der Waals surface area contributed by atoms with E-state index in [4.69, 9.17) is 14.2 Å². The van der Waals surface area contributed by atoms with E-state index in [-0.39, 0.29) is 55.3 Å². The maximum absolute atomic E-state index is 12.8. The molecule has 0 aliphatic carbocycles. The molecule has 256 valence electrons. The Morgan fingerprint density at radius 1 is 1.28 bits per heavy atom. The highest BCUT2D eigenvalue weighted by Gasteiger charge is 2.45. The maximum atomic E-state index is 12.8. The molecule has 0 aromatic carbocycles. The van der Waals surface area contributed by atoms with Gasteiger partial charge in [-0.15, -0.1) is 0 Å². The van der Waals surface area contributed by atoms with Crippen LogP contribution in [0.2, 0.25) is 0 Å². The van der Waals surface area contributed by atoms with Gasteiger partial charge in [0, 0.05) is 36.7 Å². The van der Waals surface area contributed by atoms with Gasteiger partial charge in [-0.2, -0.15) is 0 Å². The van der Waals surface area contributed by atoms with Gasteiger partial charge in [-0.3, -0.25) is 9.78 Å². The first kappa shape index (κ1) is 37.4. The molecule has 1 aromatic rings. The number of hydrogen-bond acceptors (Lipinski definition) is 9. The van der Waals surface area contributed by atoms with Crippen molar-refractivity contribution in [2.24, 2.45) is 17.8 Å². The zero-order valence-corrected chi connectivity index (χ0v) is 28.2. The predicted molar refractivity (Wildman–Crippen MR) is 176 cm³/mol. The first-order valence-corrected chi connectivity index (χ1v) is 16.6. The number of aromatic nitrogens is 1. The fourth-order valence-electron chi connectivity index (χ4n) is 5.78. The maximum Gasteiger partial charge on any atom is 0.407 e. The Balaban J connectivity index is 1.67. The smallest absolute Gasteiger partial charge is 0.407 e. The first-order valence-electron chi connectivity index (χ1n) is 16.6. The number of carbonyl (C=O) groups excluding carboxylic acids is 2. The summed E-state index contributed by atoms with van der Waals surface area (Å²) in [6, 6.07) is 5.57. The molecule has 1 fully saturated rings. The number of nitrogens with one attached hydrogen (secondary N) is 1. The van der Waals surface area contributed by atoms with Gasteiger partial charge in [0.15, 0.2) is 6.10 Å². The SMILES string of the molecule is CCC(O)C(C)C1OC1CC(C)/C=C/C=C(\C)C1OC(=O)CC(O)CCC(C)(O)C(OC(=O)NCCc2ccccn2)/C=C/C1C. The summed E-state index contributed by atoms with van der Waals surface area (Å²) in [5, 5.41) is 34.7. The van der Waals surface area contributed by atoms with E-state index >= 15 is 0 Å². The number of nitrogens with zero attached hydrogens (tertiary/aromatic N) is 1. The molecular formula is C36H54N2O8. The Morgan fingerprint density at radius 3 is 2.74 bits per heavy atom. The third-order valence-corrected chi connectivity index (χ3v) is 8.95. The summed E-state index contributed by atoms with van der Waals surface area (Å²) >= 11 is 0. The number of cyclic esters (lactones) is 1. The Morgan fingerprint density at radius 2 is 2.04 bits per heavy atom. The Bertz CT molecular complexity index is 1200. The van der Waals surface area contributed by atoms with Crippen molar-refractivity contribution in [2.75, 3.05) is 6.54 Å². The lowest BCUT2D eigenvalue weighted by molar-refractivity contribution is -0.151. The average molecular weight is 643 g/mol. The molecule has 1 saturated heterocycles. The van der Waals surface area contributed by atoms with Crippen LogP contribution in [0.25, 0.3) is 0 Å². The molecule has 1 amide bonds. The lowest BCUT2D eigenvalue weighted by Crippen LogP contribution is -2.44. The van der Waals surface area contributed by atoms with Crippen molar-refractivity contribution in [1.29, 1.82) is 0 Å². The number of ether oxygens (including phenoxy) is 3. The van der Waals surface area contributed by atoms with Crippen LogP contribution in [0.5, 0.6) is 0 Å². The number of aliphatic hydroxyl groups is 3. The van der Waals surface area contributed by atoms with Gasteiger partial charge < -0.3 is 34.8 Å². The Hall–Kier alpha value is -3.05. The van der Waals surface area contributed by atoms with Crippen LogP contribution < -0.4 is 5.32 Å². The number of hydrogen-bond donors (Lipinski definition) is 4. The summed E-state index contributed by atoms with van der Waals surface area (Å²) in [7, 11) is 0. The molecule has 10 atom stereocenters. The molecule has 10 unspecified atom stereocenters. The van der Waals surface area contributed by atoms with Crippen molar-refractivity contribution in [2.45, 2.75) is 122 Å². The second-order valence-corrected chi connectivity index (χ2v) is 13.2. The van der Waals surface area contributed by atoms with Gasteiger partial charge >= 0.3 is 12.1 Å². The summed E-state index contributed by atoms with van der Waals surface area (Å²) in [5.41, 5.74) is 0.145. The van der Waals surface area contributed by atoms with E-state index in [1.54, 1.807) is 25.3 Å². The van der Waals surface area contributed by atoms with Gasteiger partial charge in [-0.05, 0) is 69.2 Å². The summed E-state index contributed by atoms with van der Waals surface area (Å²) in [6.45, 7) is 11.7. The minimum absolute atomic E-state index is 0.0907. The number of carbonyl (C=O) groups is 2. The lowest BCUT2D eigenvalue weighted by atomic mass is 9.88. The lowest BCUT2D eigenvalue weighted by Gasteiger charge is -2.32. The molecule has 46 heavy (non-hydrogen) atoms. The molecular weight excluding hydrogens is 588 g/mol. The molecule has 2 aliphatic rings. The number of amides is 1. The predicted octanol–water partition coefficient (Wildman–Crippen LogP) is 4.82. The molecule has 0 spiro atoms. The van der Waals surface area contributed by atoms with Crippen LogP contribution in [0.4, 0.5) is 4.79 Å². The monoisotopic (exact) mass is 642 g/mol. The fourth-order valence-corrected chi connectivity index (χ4v) is 5.78. The summed E-state index contributed by atoms with van der Waals surface area (Å²) < 4.78 is 17.4. The number of rotatable bonds is 12. The van der Waals surface area contributed by atoms with Crippen LogP contribution >= 0.6 is 0 Å². The van der Waals surface area contributed by atoms with Gasteiger partial charge in [0.05, 0.1) is 30.8 Å². The van der Waals surface area contributed by atoms with Crippen molar-refractivity contribution in [3.63, 3.8) is 0 Å². The van der Waals surface area contributed by atoms with E-state index in [0.717, 1.165) is 17.7 Å². The van der Waals surface area contributed by atoms with E-state index in [1.165, 1.54) is 0 Å². The number of pyridine rings is 1. The van der Waals surface area contributed by atoms with Gasteiger partial charge in [0.2, 0.25) is 0 Å². The molecule has 10 nitrogen and oxygen atoms in total. The van der Waals surface area contributed by atoms with Crippen molar-refractivity contribution >= 4 is 12.1 Å². The third kappa shape index (κ3) is 12.0. The van der Waals surface area contributed by atoms with Crippen molar-refractivity contribution in [3.8, 4) is 0 Å². The minimum atomic E-state index is -1.49. The second-order valence-electron chi connectivity index (χ2n) is 13.2. The number of epoxide rings is 1. The van der Waals surface area contributed by atoms with Gasteiger partial charge in [0.1, 0.15) is 11.7 Å². The molecule has 2 aliphatic heterocycles. The highest BCUT2D eigenvalue weighted by Crippen LogP contribution is 2.36. The van der Waals surface area contributed by atoms with Crippen LogP contribution in [-0.2, 0) is 25.4 Å². The van der Waals surface area contributed by atoms with Crippen molar-refractivity contribution < 1.29 is 39.1 Å². The molecule has 0 saturated carbocycles. The van der Waals surface area contributed by atoms with Gasteiger partial charge in [0.25, 0.3) is 0 Å². The number of aliphatic hydroxyl groups excluding tert-OH is 2. The van der Waals surface area contributed by atoms with Crippen molar-refractivity contribution in [1.82, 2.24) is 10.3 Å². The number of esters is 1. The fraction of sp³-hybridized carbons (Fsp3) is 0.639. The number of alkyl carbamates (subject to hydrolysis) is 1. The van der Waals surface area contributed by atoms with E-state index in [2.05, 4.69) is 23.3 Å². The van der Waals surface area contributed by atoms with E-state index in [1.807, 2.05) is 58.0 Å². The van der Waals surface area contributed by atoms with Crippen LogP contribution in [0.3, 0.4) is 0 Å². The molecule has 10 heteroatoms. The van der Waals surface area contributed by atoms with E-state index < -0.39 is 36.0 Å².